The molecular formula is C13H13NO. The number of pyridine rings is 1. The second-order valence-electron chi connectivity index (χ2n) is 3.80. The molecule has 0 saturated heterocycles. The van der Waals surface area contributed by atoms with Crippen LogP contribution in [-0.2, 0) is 0 Å². The summed E-state index contributed by atoms with van der Waals surface area (Å²) in [5.41, 5.74) is 2.63. The van der Waals surface area contributed by atoms with Gasteiger partial charge in [-0.15, -0.1) is 0 Å². The Morgan fingerprint density at radius 3 is 2.80 bits per heavy atom. The van der Waals surface area contributed by atoms with Crippen molar-refractivity contribution in [2.24, 2.45) is 0 Å². The number of aromatic nitrogens is 1. The maximum atomic E-state index is 9.99. The molecule has 1 heterocycles. The van der Waals surface area contributed by atoms with Gasteiger partial charge in [0, 0.05) is 17.1 Å². The van der Waals surface area contributed by atoms with Crippen LogP contribution in [-0.4, -0.2) is 10.1 Å². The summed E-state index contributed by atoms with van der Waals surface area (Å²) in [7, 11) is 0. The number of allylic oxidation sites excluding steroid dienone is 1. The number of fused-ring (bicyclic) bond motifs is 1. The van der Waals surface area contributed by atoms with Crippen molar-refractivity contribution in [3.8, 4) is 5.75 Å². The summed E-state index contributed by atoms with van der Waals surface area (Å²) in [6, 6.07) is 7.68. The van der Waals surface area contributed by atoms with Crippen LogP contribution in [0.4, 0.5) is 0 Å². The van der Waals surface area contributed by atoms with Gasteiger partial charge in [0.15, 0.2) is 0 Å². The third-order valence-corrected chi connectivity index (χ3v) is 2.22. The molecule has 0 amide bonds. The Labute approximate surface area is 88.9 Å². The molecule has 0 radical (unpaired) electrons. The molecule has 2 nitrogen and oxygen atoms in total. The summed E-state index contributed by atoms with van der Waals surface area (Å²) in [4.78, 5) is 4.17. The highest BCUT2D eigenvalue weighted by molar-refractivity contribution is 5.88. The van der Waals surface area contributed by atoms with Gasteiger partial charge in [-0.05, 0) is 19.9 Å². The molecule has 1 aromatic heterocycles. The molecule has 0 fully saturated rings. The topological polar surface area (TPSA) is 33.1 Å². The molecule has 0 aliphatic heterocycles. The average molecular weight is 199 g/mol. The van der Waals surface area contributed by atoms with Crippen LogP contribution in [0.2, 0.25) is 0 Å². The van der Waals surface area contributed by atoms with Crippen LogP contribution in [0.1, 0.15) is 19.4 Å². The van der Waals surface area contributed by atoms with Crippen molar-refractivity contribution < 1.29 is 5.11 Å². The monoisotopic (exact) mass is 199 g/mol. The van der Waals surface area contributed by atoms with Gasteiger partial charge in [-0.25, -0.2) is 0 Å². The minimum atomic E-state index is 0.259. The molecule has 0 unspecified atom stereocenters. The molecule has 0 aliphatic rings. The van der Waals surface area contributed by atoms with E-state index in [1.807, 2.05) is 44.2 Å². The number of nitrogens with zero attached hydrogens (tertiary/aromatic N) is 1. The molecule has 0 atom stereocenters. The lowest BCUT2D eigenvalue weighted by molar-refractivity contribution is 0.479. The zero-order chi connectivity index (χ0) is 10.8. The Hall–Kier alpha value is -1.83. The maximum Gasteiger partial charge on any atom is 0.149 e. The molecule has 0 bridgehead atoms. The van der Waals surface area contributed by atoms with E-state index >= 15 is 0 Å². The van der Waals surface area contributed by atoms with Gasteiger partial charge in [-0.1, -0.05) is 29.8 Å². The number of rotatable bonds is 1. The maximum absolute atomic E-state index is 9.99. The van der Waals surface area contributed by atoms with Crippen molar-refractivity contribution >= 4 is 17.0 Å². The molecule has 15 heavy (non-hydrogen) atoms. The van der Waals surface area contributed by atoms with E-state index in [0.717, 1.165) is 16.5 Å². The van der Waals surface area contributed by atoms with Gasteiger partial charge in [0.1, 0.15) is 11.3 Å². The summed E-state index contributed by atoms with van der Waals surface area (Å²) < 4.78 is 0. The summed E-state index contributed by atoms with van der Waals surface area (Å²) in [5.74, 6) is 0.259. The first-order valence-electron chi connectivity index (χ1n) is 4.90. The van der Waals surface area contributed by atoms with Gasteiger partial charge >= 0.3 is 0 Å². The molecule has 1 N–H and O–H groups in total. The highest BCUT2D eigenvalue weighted by atomic mass is 16.3. The minimum absolute atomic E-state index is 0.259. The molecule has 1 aromatic carbocycles. The smallest absolute Gasteiger partial charge is 0.149 e. The fourth-order valence-electron chi connectivity index (χ4n) is 1.57. The number of phenols is 1. The lowest BCUT2D eigenvalue weighted by Crippen LogP contribution is -1.82. The second kappa shape index (κ2) is 3.73. The Balaban J connectivity index is 2.70. The predicted molar refractivity (Wildman–Crippen MR) is 62.7 cm³/mol. The summed E-state index contributed by atoms with van der Waals surface area (Å²) in [6.07, 6.45) is 3.64. The fourth-order valence-corrected chi connectivity index (χ4v) is 1.57. The van der Waals surface area contributed by atoms with Crippen LogP contribution in [0.5, 0.6) is 5.75 Å². The number of hydrogen-bond donors (Lipinski definition) is 1. The fraction of sp³-hybridized carbons (Fsp3) is 0.154. The molecule has 0 aliphatic carbocycles. The lowest BCUT2D eigenvalue weighted by atomic mass is 10.1. The van der Waals surface area contributed by atoms with Gasteiger partial charge in [-0.3, -0.25) is 4.98 Å². The van der Waals surface area contributed by atoms with E-state index in [1.165, 1.54) is 0 Å². The SMILES string of the molecule is CC(C)=Cc1ccc2cccnc2c1O. The van der Waals surface area contributed by atoms with Crippen LogP contribution < -0.4 is 0 Å². The molecular weight excluding hydrogens is 186 g/mol. The van der Waals surface area contributed by atoms with Crippen molar-refractivity contribution in [3.05, 3.63) is 41.6 Å². The van der Waals surface area contributed by atoms with Gasteiger partial charge in [0.05, 0.1) is 0 Å². The van der Waals surface area contributed by atoms with Crippen LogP contribution in [0.25, 0.3) is 17.0 Å². The van der Waals surface area contributed by atoms with Crippen molar-refractivity contribution in [1.82, 2.24) is 4.98 Å². The van der Waals surface area contributed by atoms with Crippen LogP contribution in [0, 0.1) is 0 Å². The largest absolute Gasteiger partial charge is 0.505 e. The quantitative estimate of drug-likeness (QED) is 0.763. The zero-order valence-corrected chi connectivity index (χ0v) is 8.86. The highest BCUT2D eigenvalue weighted by Crippen LogP contribution is 2.28. The predicted octanol–water partition coefficient (Wildman–Crippen LogP) is 3.36. The first-order chi connectivity index (χ1) is 7.18. The lowest BCUT2D eigenvalue weighted by Gasteiger charge is -2.03. The van der Waals surface area contributed by atoms with Crippen LogP contribution in [0.15, 0.2) is 36.0 Å². The van der Waals surface area contributed by atoms with Crippen molar-refractivity contribution in [2.75, 3.05) is 0 Å². The molecule has 0 saturated carbocycles. The summed E-state index contributed by atoms with van der Waals surface area (Å²) in [6.45, 7) is 4.00. The van der Waals surface area contributed by atoms with E-state index < -0.39 is 0 Å². The molecule has 0 spiro atoms. The standard InChI is InChI=1S/C13H13NO/c1-9(2)8-11-6-5-10-4-3-7-14-12(10)13(11)15/h3-8,15H,1-2H3. The number of hydrogen-bond acceptors (Lipinski definition) is 2. The van der Waals surface area contributed by atoms with E-state index in [-0.39, 0.29) is 5.75 Å². The van der Waals surface area contributed by atoms with Crippen molar-refractivity contribution in [1.29, 1.82) is 0 Å². The van der Waals surface area contributed by atoms with Crippen LogP contribution >= 0.6 is 0 Å². The Morgan fingerprint density at radius 2 is 2.07 bits per heavy atom. The third kappa shape index (κ3) is 1.84. The number of benzene rings is 1. The Kier molecular flexibility index (Phi) is 2.42. The average Bonchev–Trinajstić information content (AvgIpc) is 2.22. The van der Waals surface area contributed by atoms with Crippen LogP contribution in [0.3, 0.4) is 0 Å². The van der Waals surface area contributed by atoms with E-state index in [4.69, 9.17) is 0 Å². The van der Waals surface area contributed by atoms with Gasteiger partial charge in [-0.2, -0.15) is 0 Å². The van der Waals surface area contributed by atoms with E-state index in [9.17, 15) is 5.11 Å². The normalized spacial score (nSPS) is 10.3. The first kappa shape index (κ1) is 9.71. The molecule has 2 heteroatoms. The molecule has 2 aromatic rings. The molecule has 76 valence electrons. The van der Waals surface area contributed by atoms with Gasteiger partial charge in [0.25, 0.3) is 0 Å². The van der Waals surface area contributed by atoms with E-state index in [1.54, 1.807) is 6.20 Å². The summed E-state index contributed by atoms with van der Waals surface area (Å²) in [5, 5.41) is 11.0. The Bertz CT molecular complexity index is 525. The van der Waals surface area contributed by atoms with Gasteiger partial charge in [0.2, 0.25) is 0 Å². The third-order valence-electron chi connectivity index (χ3n) is 2.22. The Morgan fingerprint density at radius 1 is 1.27 bits per heavy atom. The number of aromatic hydroxyl groups is 1. The van der Waals surface area contributed by atoms with Crippen molar-refractivity contribution in [3.63, 3.8) is 0 Å². The van der Waals surface area contributed by atoms with Gasteiger partial charge < -0.3 is 5.11 Å². The van der Waals surface area contributed by atoms with E-state index in [0.29, 0.717) is 5.52 Å². The first-order valence-corrected chi connectivity index (χ1v) is 4.90. The minimum Gasteiger partial charge on any atom is -0.505 e. The van der Waals surface area contributed by atoms with Crippen molar-refractivity contribution in [2.45, 2.75) is 13.8 Å². The highest BCUT2D eigenvalue weighted by Gasteiger charge is 2.04. The number of phenolic OH excluding ortho intramolecular Hbond substituents is 1. The zero-order valence-electron chi connectivity index (χ0n) is 8.86. The summed E-state index contributed by atoms with van der Waals surface area (Å²) >= 11 is 0. The second-order valence-corrected chi connectivity index (χ2v) is 3.80. The van der Waals surface area contributed by atoms with E-state index in [2.05, 4.69) is 4.98 Å². The molecule has 2 rings (SSSR count).